The number of hydrogen-bond donors (Lipinski definition) is 0. The Hall–Kier alpha value is -1.03. The highest BCUT2D eigenvalue weighted by molar-refractivity contribution is 9.09. The molecule has 2 rings (SSSR count). The largest absolute Gasteiger partial charge is 0.423 e. The molecular weight excluding hydrogens is 244 g/mol. The smallest absolute Gasteiger partial charge is 0.298 e. The van der Waals surface area contributed by atoms with Crippen LogP contribution in [0.1, 0.15) is 0 Å². The molecule has 1 aromatic heterocycles. The summed E-state index contributed by atoms with van der Waals surface area (Å²) in [5.41, 5.74) is 1.74. The van der Waals surface area contributed by atoms with Crippen LogP contribution in [0.15, 0.2) is 28.7 Å². The van der Waals surface area contributed by atoms with E-state index in [4.69, 9.17) is 4.42 Å². The molecule has 0 bridgehead atoms. The van der Waals surface area contributed by atoms with Crippen molar-refractivity contribution < 1.29 is 4.42 Å². The molecule has 0 N–H and O–H groups in total. The second kappa shape index (κ2) is 4.00. The monoisotopic (exact) mass is 254 g/mol. The van der Waals surface area contributed by atoms with Crippen LogP contribution in [0, 0.1) is 0 Å². The topological polar surface area (TPSA) is 29.3 Å². The molecule has 1 aromatic carbocycles. The van der Waals surface area contributed by atoms with Gasteiger partial charge in [-0.2, -0.15) is 4.98 Å². The third-order valence-corrected chi connectivity index (χ3v) is 2.38. The summed E-state index contributed by atoms with van der Waals surface area (Å²) in [5, 5.41) is 0.905. The Bertz CT molecular complexity index is 394. The van der Waals surface area contributed by atoms with Crippen LogP contribution in [0.5, 0.6) is 0 Å². The first kappa shape index (κ1) is 9.52. The Balaban J connectivity index is 2.35. The van der Waals surface area contributed by atoms with Crippen LogP contribution in [0.3, 0.4) is 0 Å². The summed E-state index contributed by atoms with van der Waals surface area (Å²) in [6.07, 6.45) is 0. The van der Waals surface area contributed by atoms with Gasteiger partial charge in [-0.05, 0) is 12.1 Å². The van der Waals surface area contributed by atoms with Crippen molar-refractivity contribution in [3.63, 3.8) is 0 Å². The van der Waals surface area contributed by atoms with Gasteiger partial charge in [-0.3, -0.25) is 0 Å². The van der Waals surface area contributed by atoms with Gasteiger partial charge in [0.05, 0.1) is 0 Å². The van der Waals surface area contributed by atoms with Gasteiger partial charge in [0.15, 0.2) is 5.58 Å². The quantitative estimate of drug-likeness (QED) is 0.789. The van der Waals surface area contributed by atoms with Crippen molar-refractivity contribution in [3.8, 4) is 0 Å². The zero-order chi connectivity index (χ0) is 9.97. The summed E-state index contributed by atoms with van der Waals surface area (Å²) in [5.74, 6) is 0. The fraction of sp³-hybridized carbons (Fsp3) is 0.300. The number of aromatic nitrogens is 1. The van der Waals surface area contributed by atoms with Gasteiger partial charge in [0.1, 0.15) is 5.52 Å². The number of oxazole rings is 1. The highest BCUT2D eigenvalue weighted by Crippen LogP contribution is 2.20. The molecule has 1 heterocycles. The average Bonchev–Trinajstić information content (AvgIpc) is 2.61. The first-order valence-corrected chi connectivity index (χ1v) is 5.56. The molecule has 0 fully saturated rings. The van der Waals surface area contributed by atoms with Crippen LogP contribution in [0.2, 0.25) is 0 Å². The molecule has 0 atom stereocenters. The minimum Gasteiger partial charge on any atom is -0.423 e. The molecule has 0 amide bonds. The van der Waals surface area contributed by atoms with Crippen LogP contribution in [-0.4, -0.2) is 23.9 Å². The van der Waals surface area contributed by atoms with E-state index in [1.807, 2.05) is 36.2 Å². The maximum absolute atomic E-state index is 5.58. The standard InChI is InChI=1S/C10H11BrN2O/c1-13(7-6-11)10-12-8-4-2-3-5-9(8)14-10/h2-5H,6-7H2,1H3. The zero-order valence-corrected chi connectivity index (χ0v) is 9.49. The number of nitrogens with zero attached hydrogens (tertiary/aromatic N) is 2. The first-order chi connectivity index (χ1) is 6.81. The van der Waals surface area contributed by atoms with Crippen molar-refractivity contribution in [2.24, 2.45) is 0 Å². The Morgan fingerprint density at radius 3 is 2.93 bits per heavy atom. The Kier molecular flexibility index (Phi) is 2.72. The van der Waals surface area contributed by atoms with E-state index in [0.717, 1.165) is 23.0 Å². The van der Waals surface area contributed by atoms with E-state index in [-0.39, 0.29) is 0 Å². The van der Waals surface area contributed by atoms with Crippen molar-refractivity contribution in [2.45, 2.75) is 0 Å². The van der Waals surface area contributed by atoms with E-state index < -0.39 is 0 Å². The molecule has 0 unspecified atom stereocenters. The molecule has 14 heavy (non-hydrogen) atoms. The fourth-order valence-corrected chi connectivity index (χ4v) is 1.78. The molecule has 0 radical (unpaired) electrons. The number of hydrogen-bond acceptors (Lipinski definition) is 3. The van der Waals surface area contributed by atoms with Crippen molar-refractivity contribution >= 4 is 33.0 Å². The van der Waals surface area contributed by atoms with Crippen LogP contribution in [-0.2, 0) is 0 Å². The summed E-state index contributed by atoms with van der Waals surface area (Å²) in [7, 11) is 1.96. The predicted octanol–water partition coefficient (Wildman–Crippen LogP) is 2.66. The molecule has 4 heteroatoms. The molecule has 0 aliphatic carbocycles. The molecular formula is C10H11BrN2O. The van der Waals surface area contributed by atoms with Crippen LogP contribution in [0.4, 0.5) is 6.01 Å². The van der Waals surface area contributed by atoms with Gasteiger partial charge in [0, 0.05) is 18.9 Å². The molecule has 0 spiro atoms. The number of rotatable bonds is 3. The number of fused-ring (bicyclic) bond motifs is 1. The van der Waals surface area contributed by atoms with Crippen molar-refractivity contribution in [1.82, 2.24) is 4.98 Å². The number of halogens is 1. The van der Waals surface area contributed by atoms with E-state index in [0.29, 0.717) is 6.01 Å². The third kappa shape index (κ3) is 1.75. The highest BCUT2D eigenvalue weighted by Gasteiger charge is 2.08. The summed E-state index contributed by atoms with van der Waals surface area (Å²) in [4.78, 5) is 6.35. The Morgan fingerprint density at radius 2 is 2.21 bits per heavy atom. The summed E-state index contributed by atoms with van der Waals surface area (Å²) < 4.78 is 5.58. The lowest BCUT2D eigenvalue weighted by molar-refractivity contribution is 0.588. The molecule has 0 aliphatic rings. The average molecular weight is 255 g/mol. The molecule has 0 saturated carbocycles. The van der Waals surface area contributed by atoms with E-state index in [9.17, 15) is 0 Å². The van der Waals surface area contributed by atoms with Gasteiger partial charge in [0.25, 0.3) is 6.01 Å². The predicted molar refractivity (Wildman–Crippen MR) is 61.1 cm³/mol. The van der Waals surface area contributed by atoms with Gasteiger partial charge in [-0.25, -0.2) is 0 Å². The lowest BCUT2D eigenvalue weighted by Gasteiger charge is -2.11. The van der Waals surface area contributed by atoms with Crippen LogP contribution in [0.25, 0.3) is 11.1 Å². The van der Waals surface area contributed by atoms with Gasteiger partial charge in [-0.1, -0.05) is 28.1 Å². The molecule has 74 valence electrons. The first-order valence-electron chi connectivity index (χ1n) is 4.44. The Morgan fingerprint density at radius 1 is 1.43 bits per heavy atom. The maximum atomic E-state index is 5.58. The van der Waals surface area contributed by atoms with Gasteiger partial charge >= 0.3 is 0 Å². The van der Waals surface area contributed by atoms with Crippen molar-refractivity contribution in [3.05, 3.63) is 24.3 Å². The van der Waals surface area contributed by atoms with Gasteiger partial charge < -0.3 is 9.32 Å². The maximum Gasteiger partial charge on any atom is 0.298 e. The third-order valence-electron chi connectivity index (χ3n) is 2.03. The summed E-state index contributed by atoms with van der Waals surface area (Å²) >= 11 is 3.38. The molecule has 3 nitrogen and oxygen atoms in total. The number of anilines is 1. The second-order valence-electron chi connectivity index (χ2n) is 3.07. The van der Waals surface area contributed by atoms with Gasteiger partial charge in [0.2, 0.25) is 0 Å². The second-order valence-corrected chi connectivity index (χ2v) is 3.87. The van der Waals surface area contributed by atoms with E-state index in [1.54, 1.807) is 0 Å². The minimum atomic E-state index is 0.672. The number of alkyl halides is 1. The zero-order valence-electron chi connectivity index (χ0n) is 7.90. The van der Waals surface area contributed by atoms with E-state index in [1.165, 1.54) is 0 Å². The SMILES string of the molecule is CN(CCBr)c1nc2ccccc2o1. The minimum absolute atomic E-state index is 0.672. The molecule has 2 aromatic rings. The normalized spacial score (nSPS) is 10.7. The fourth-order valence-electron chi connectivity index (χ4n) is 1.25. The van der Waals surface area contributed by atoms with E-state index >= 15 is 0 Å². The highest BCUT2D eigenvalue weighted by atomic mass is 79.9. The Labute approximate surface area is 90.8 Å². The van der Waals surface area contributed by atoms with Crippen LogP contribution < -0.4 is 4.90 Å². The van der Waals surface area contributed by atoms with Crippen molar-refractivity contribution in [2.75, 3.05) is 23.8 Å². The lowest BCUT2D eigenvalue weighted by Crippen LogP contribution is -2.19. The van der Waals surface area contributed by atoms with E-state index in [2.05, 4.69) is 20.9 Å². The molecule has 0 saturated heterocycles. The van der Waals surface area contributed by atoms with Crippen molar-refractivity contribution in [1.29, 1.82) is 0 Å². The van der Waals surface area contributed by atoms with Gasteiger partial charge in [-0.15, -0.1) is 0 Å². The number of benzene rings is 1. The molecule has 0 aliphatic heterocycles. The van der Waals surface area contributed by atoms with Crippen LogP contribution >= 0.6 is 15.9 Å². The summed E-state index contributed by atoms with van der Waals surface area (Å²) in [6.45, 7) is 0.882. The lowest BCUT2D eigenvalue weighted by atomic mass is 10.3. The summed E-state index contributed by atoms with van der Waals surface area (Å²) in [6, 6.07) is 8.45. The number of para-hydroxylation sites is 2.